The van der Waals surface area contributed by atoms with Gasteiger partial charge in [0.25, 0.3) is 0 Å². The van der Waals surface area contributed by atoms with Crippen molar-refractivity contribution in [2.75, 3.05) is 13.7 Å². The van der Waals surface area contributed by atoms with E-state index in [0.717, 1.165) is 5.56 Å². The molecular weight excluding hydrogens is 275 g/mol. The van der Waals surface area contributed by atoms with Gasteiger partial charge in [-0.25, -0.2) is 0 Å². The van der Waals surface area contributed by atoms with Crippen LogP contribution in [0, 0.1) is 0 Å². The fourth-order valence-corrected chi connectivity index (χ4v) is 1.65. The number of amides is 1. The molecule has 0 aliphatic heterocycles. The van der Waals surface area contributed by atoms with Crippen LogP contribution in [-0.4, -0.2) is 19.6 Å². The normalized spacial score (nSPS) is 9.50. The maximum Gasteiger partial charge on any atom is 0.220 e. The van der Waals surface area contributed by atoms with E-state index >= 15 is 0 Å². The fourth-order valence-electron chi connectivity index (χ4n) is 1.37. The Bertz CT molecular complexity index is 386. The summed E-state index contributed by atoms with van der Waals surface area (Å²) in [5.41, 5.74) is 6.27. The Morgan fingerprint density at radius 3 is 2.78 bits per heavy atom. The van der Waals surface area contributed by atoms with Gasteiger partial charge in [-0.15, -0.1) is 12.4 Å². The molecule has 3 N–H and O–H groups in total. The van der Waals surface area contributed by atoms with Crippen LogP contribution in [0.25, 0.3) is 0 Å². The largest absolute Gasteiger partial charge is 0.495 e. The highest BCUT2D eigenvalue weighted by molar-refractivity contribution is 6.32. The molecule has 0 fully saturated rings. The number of methoxy groups -OCH3 is 1. The van der Waals surface area contributed by atoms with E-state index < -0.39 is 0 Å². The molecule has 0 radical (unpaired) electrons. The summed E-state index contributed by atoms with van der Waals surface area (Å²) in [6.07, 6.45) is 1.16. The van der Waals surface area contributed by atoms with Crippen molar-refractivity contribution in [2.24, 2.45) is 5.73 Å². The van der Waals surface area contributed by atoms with Crippen molar-refractivity contribution in [3.05, 3.63) is 28.8 Å². The second kappa shape index (κ2) is 9.03. The molecule has 0 unspecified atom stereocenters. The number of nitrogens with one attached hydrogen (secondary N) is 1. The average molecular weight is 293 g/mol. The first-order chi connectivity index (χ1) is 8.17. The molecule has 1 amide bonds. The number of benzene rings is 1. The van der Waals surface area contributed by atoms with Gasteiger partial charge in [0, 0.05) is 13.0 Å². The van der Waals surface area contributed by atoms with Crippen molar-refractivity contribution in [1.29, 1.82) is 0 Å². The quantitative estimate of drug-likeness (QED) is 0.844. The minimum atomic E-state index is 0. The van der Waals surface area contributed by atoms with Gasteiger partial charge in [-0.3, -0.25) is 4.79 Å². The van der Waals surface area contributed by atoms with Crippen molar-refractivity contribution in [3.8, 4) is 5.75 Å². The van der Waals surface area contributed by atoms with Gasteiger partial charge < -0.3 is 15.8 Å². The molecule has 1 rings (SSSR count). The highest BCUT2D eigenvalue weighted by Crippen LogP contribution is 2.24. The lowest BCUT2D eigenvalue weighted by Crippen LogP contribution is -2.23. The number of rotatable bonds is 6. The minimum absolute atomic E-state index is 0. The molecule has 102 valence electrons. The zero-order valence-corrected chi connectivity index (χ0v) is 11.8. The summed E-state index contributed by atoms with van der Waals surface area (Å²) >= 11 is 5.97. The zero-order valence-electron chi connectivity index (χ0n) is 10.2. The molecular formula is C12H18Cl2N2O2. The molecule has 18 heavy (non-hydrogen) atoms. The molecule has 0 atom stereocenters. The second-order valence-electron chi connectivity index (χ2n) is 3.64. The van der Waals surface area contributed by atoms with Crippen molar-refractivity contribution >= 4 is 29.9 Å². The number of ether oxygens (including phenoxy) is 1. The maximum atomic E-state index is 11.4. The molecule has 0 aromatic heterocycles. The van der Waals surface area contributed by atoms with Crippen LogP contribution in [0.4, 0.5) is 0 Å². The van der Waals surface area contributed by atoms with Crippen LogP contribution in [0.2, 0.25) is 5.02 Å². The van der Waals surface area contributed by atoms with Gasteiger partial charge in [-0.2, -0.15) is 0 Å². The lowest BCUT2D eigenvalue weighted by Gasteiger charge is -2.07. The summed E-state index contributed by atoms with van der Waals surface area (Å²) in [5.74, 6) is 0.632. The third kappa shape index (κ3) is 5.58. The predicted octanol–water partition coefficient (Wildman–Crippen LogP) is 2.13. The fraction of sp³-hybridized carbons (Fsp3) is 0.417. The lowest BCUT2D eigenvalue weighted by molar-refractivity contribution is -0.121. The topological polar surface area (TPSA) is 64.3 Å². The van der Waals surface area contributed by atoms with Crippen molar-refractivity contribution in [2.45, 2.75) is 19.4 Å². The second-order valence-corrected chi connectivity index (χ2v) is 4.05. The molecule has 0 spiro atoms. The van der Waals surface area contributed by atoms with Gasteiger partial charge in [0.1, 0.15) is 5.75 Å². The lowest BCUT2D eigenvalue weighted by atomic mass is 10.2. The molecule has 0 bridgehead atoms. The minimum Gasteiger partial charge on any atom is -0.495 e. The zero-order chi connectivity index (χ0) is 12.7. The number of halogens is 2. The van der Waals surface area contributed by atoms with E-state index in [1.165, 1.54) is 0 Å². The number of hydrogen-bond donors (Lipinski definition) is 2. The first-order valence-electron chi connectivity index (χ1n) is 5.46. The highest BCUT2D eigenvalue weighted by atomic mass is 35.5. The van der Waals surface area contributed by atoms with Crippen LogP contribution in [0.1, 0.15) is 18.4 Å². The summed E-state index contributed by atoms with van der Waals surface area (Å²) in [5, 5.41) is 3.35. The number of hydrogen-bond acceptors (Lipinski definition) is 3. The molecule has 6 heteroatoms. The van der Waals surface area contributed by atoms with E-state index in [9.17, 15) is 4.79 Å². The molecule has 0 saturated heterocycles. The Labute approximate surface area is 118 Å². The Morgan fingerprint density at radius 1 is 1.50 bits per heavy atom. The van der Waals surface area contributed by atoms with Crippen molar-refractivity contribution < 1.29 is 9.53 Å². The molecule has 0 aliphatic rings. The third-order valence-electron chi connectivity index (χ3n) is 2.31. The van der Waals surface area contributed by atoms with E-state index in [4.69, 9.17) is 22.1 Å². The molecule has 1 aromatic carbocycles. The third-order valence-corrected chi connectivity index (χ3v) is 2.61. The van der Waals surface area contributed by atoms with Gasteiger partial charge in [-0.05, 0) is 30.7 Å². The first kappa shape index (κ1) is 17.0. The number of nitrogens with two attached hydrogens (primary N) is 1. The monoisotopic (exact) mass is 292 g/mol. The standard InChI is InChI=1S/C12H17ClN2O2.ClH/c1-17-11-5-4-9(7-10(11)13)8-15-12(16)3-2-6-14;/h4-5,7H,2-3,6,8,14H2,1H3,(H,15,16);1H. The van der Waals surface area contributed by atoms with Crippen molar-refractivity contribution in [3.63, 3.8) is 0 Å². The van der Waals surface area contributed by atoms with Crippen LogP contribution in [-0.2, 0) is 11.3 Å². The summed E-state index contributed by atoms with van der Waals surface area (Å²) in [7, 11) is 1.56. The van der Waals surface area contributed by atoms with Crippen LogP contribution >= 0.6 is 24.0 Å². The molecule has 0 saturated carbocycles. The maximum absolute atomic E-state index is 11.4. The van der Waals surface area contributed by atoms with E-state index in [1.807, 2.05) is 6.07 Å². The van der Waals surface area contributed by atoms with Crippen LogP contribution in [0.3, 0.4) is 0 Å². The Balaban J connectivity index is 0.00000289. The van der Waals surface area contributed by atoms with Crippen LogP contribution < -0.4 is 15.8 Å². The smallest absolute Gasteiger partial charge is 0.220 e. The van der Waals surface area contributed by atoms with Gasteiger partial charge in [0.15, 0.2) is 0 Å². The predicted molar refractivity (Wildman–Crippen MR) is 75.4 cm³/mol. The van der Waals surface area contributed by atoms with Gasteiger partial charge in [-0.1, -0.05) is 17.7 Å². The summed E-state index contributed by atoms with van der Waals surface area (Å²) in [6, 6.07) is 5.43. The van der Waals surface area contributed by atoms with Gasteiger partial charge >= 0.3 is 0 Å². The Morgan fingerprint density at radius 2 is 2.22 bits per heavy atom. The summed E-state index contributed by atoms with van der Waals surface area (Å²) in [6.45, 7) is 0.995. The van der Waals surface area contributed by atoms with Crippen LogP contribution in [0.15, 0.2) is 18.2 Å². The first-order valence-corrected chi connectivity index (χ1v) is 5.84. The molecule has 0 aliphatic carbocycles. The van der Waals surface area contributed by atoms with E-state index in [2.05, 4.69) is 5.32 Å². The Hall–Kier alpha value is -0.970. The average Bonchev–Trinajstić information content (AvgIpc) is 2.34. The molecule has 4 nitrogen and oxygen atoms in total. The van der Waals surface area contributed by atoms with Crippen molar-refractivity contribution in [1.82, 2.24) is 5.32 Å². The SMILES string of the molecule is COc1ccc(CNC(=O)CCCN)cc1Cl.Cl. The number of carbonyl (C=O) groups is 1. The van der Waals surface area contributed by atoms with E-state index in [-0.39, 0.29) is 18.3 Å². The van der Waals surface area contributed by atoms with E-state index in [1.54, 1.807) is 19.2 Å². The summed E-state index contributed by atoms with van der Waals surface area (Å²) in [4.78, 5) is 11.4. The highest BCUT2D eigenvalue weighted by Gasteiger charge is 2.03. The van der Waals surface area contributed by atoms with Crippen LogP contribution in [0.5, 0.6) is 5.75 Å². The summed E-state index contributed by atoms with van der Waals surface area (Å²) < 4.78 is 5.05. The van der Waals surface area contributed by atoms with Gasteiger partial charge in [0.2, 0.25) is 5.91 Å². The Kier molecular flexibility index (Phi) is 8.54. The van der Waals surface area contributed by atoms with Gasteiger partial charge in [0.05, 0.1) is 12.1 Å². The number of carbonyl (C=O) groups excluding carboxylic acids is 1. The molecule has 1 aromatic rings. The van der Waals surface area contributed by atoms with E-state index in [0.29, 0.717) is 36.7 Å². The molecule has 0 heterocycles.